The van der Waals surface area contributed by atoms with Crippen molar-refractivity contribution in [3.63, 3.8) is 0 Å². The zero-order chi connectivity index (χ0) is 17.1. The van der Waals surface area contributed by atoms with E-state index in [1.54, 1.807) is 0 Å². The molecule has 2 atom stereocenters. The minimum atomic E-state index is -0.354. The second kappa shape index (κ2) is 7.36. The van der Waals surface area contributed by atoms with Crippen LogP contribution in [0.1, 0.15) is 57.3 Å². The van der Waals surface area contributed by atoms with Crippen LogP contribution in [0.3, 0.4) is 0 Å². The molecule has 0 spiro atoms. The van der Waals surface area contributed by atoms with Crippen LogP contribution in [-0.4, -0.2) is 45.4 Å². The minimum Gasteiger partial charge on any atom is -0.344 e. The van der Waals surface area contributed by atoms with Crippen molar-refractivity contribution < 1.29 is 9.59 Å². The third-order valence-electron chi connectivity index (χ3n) is 5.46. The van der Waals surface area contributed by atoms with E-state index in [0.29, 0.717) is 6.54 Å². The maximum absolute atomic E-state index is 13.1. The standard InChI is InChI=1S/C18H28N4O2/c1-13-19-9-11-22(13)16-8-5-10-21(12-16)18(24)17(20-14(2)23)15-6-3-4-7-15/h9,11,15-17H,3-8,10,12H2,1-2H3,(H,20,23)/t16-,17-/m1/s1. The van der Waals surface area contributed by atoms with Gasteiger partial charge in [0, 0.05) is 32.4 Å². The number of imidazole rings is 1. The van der Waals surface area contributed by atoms with Crippen molar-refractivity contribution >= 4 is 11.8 Å². The number of nitrogens with zero attached hydrogens (tertiary/aromatic N) is 3. The maximum Gasteiger partial charge on any atom is 0.245 e. The van der Waals surface area contributed by atoms with E-state index in [1.807, 2.05) is 24.2 Å². The van der Waals surface area contributed by atoms with E-state index < -0.39 is 0 Å². The molecule has 2 fully saturated rings. The van der Waals surface area contributed by atoms with Crippen molar-refractivity contribution in [1.29, 1.82) is 0 Å². The number of piperidine rings is 1. The van der Waals surface area contributed by atoms with E-state index in [9.17, 15) is 9.59 Å². The summed E-state index contributed by atoms with van der Waals surface area (Å²) in [5.41, 5.74) is 0. The molecule has 1 aliphatic heterocycles. The highest BCUT2D eigenvalue weighted by Crippen LogP contribution is 2.30. The van der Waals surface area contributed by atoms with Gasteiger partial charge in [-0.3, -0.25) is 9.59 Å². The Hall–Kier alpha value is -1.85. The van der Waals surface area contributed by atoms with E-state index in [-0.39, 0.29) is 29.8 Å². The fourth-order valence-corrected chi connectivity index (χ4v) is 4.24. The van der Waals surface area contributed by atoms with Crippen LogP contribution in [-0.2, 0) is 9.59 Å². The van der Waals surface area contributed by atoms with Gasteiger partial charge in [0.15, 0.2) is 0 Å². The lowest BCUT2D eigenvalue weighted by Crippen LogP contribution is -2.53. The molecule has 1 N–H and O–H groups in total. The highest BCUT2D eigenvalue weighted by molar-refractivity contribution is 5.87. The van der Waals surface area contributed by atoms with Gasteiger partial charge < -0.3 is 14.8 Å². The second-order valence-corrected chi connectivity index (χ2v) is 7.18. The highest BCUT2D eigenvalue weighted by Gasteiger charge is 2.36. The molecule has 1 aromatic heterocycles. The molecule has 132 valence electrons. The largest absolute Gasteiger partial charge is 0.344 e. The number of likely N-dealkylation sites (tertiary alicyclic amines) is 1. The summed E-state index contributed by atoms with van der Waals surface area (Å²) >= 11 is 0. The van der Waals surface area contributed by atoms with Gasteiger partial charge in [-0.05, 0) is 38.5 Å². The smallest absolute Gasteiger partial charge is 0.245 e. The summed E-state index contributed by atoms with van der Waals surface area (Å²) < 4.78 is 2.17. The van der Waals surface area contributed by atoms with Crippen molar-refractivity contribution in [3.8, 4) is 0 Å². The molecule has 0 radical (unpaired) electrons. The molecule has 3 rings (SSSR count). The number of aryl methyl sites for hydroxylation is 1. The molecule has 0 unspecified atom stereocenters. The summed E-state index contributed by atoms with van der Waals surface area (Å²) in [6.45, 7) is 4.99. The first-order valence-corrected chi connectivity index (χ1v) is 9.11. The average Bonchev–Trinajstić information content (AvgIpc) is 3.23. The Morgan fingerprint density at radius 2 is 2.00 bits per heavy atom. The van der Waals surface area contributed by atoms with Crippen LogP contribution in [0.5, 0.6) is 0 Å². The van der Waals surface area contributed by atoms with E-state index in [2.05, 4.69) is 14.9 Å². The van der Waals surface area contributed by atoms with Gasteiger partial charge >= 0.3 is 0 Å². The lowest BCUT2D eigenvalue weighted by atomic mass is 9.95. The lowest BCUT2D eigenvalue weighted by molar-refractivity contribution is -0.139. The fourth-order valence-electron chi connectivity index (χ4n) is 4.24. The summed E-state index contributed by atoms with van der Waals surface area (Å²) in [4.78, 5) is 31.0. The van der Waals surface area contributed by atoms with Crippen molar-refractivity contribution in [3.05, 3.63) is 18.2 Å². The molecule has 0 aromatic carbocycles. The van der Waals surface area contributed by atoms with Gasteiger partial charge in [0.2, 0.25) is 11.8 Å². The van der Waals surface area contributed by atoms with Gasteiger partial charge in [-0.15, -0.1) is 0 Å². The SMILES string of the molecule is CC(=O)N[C@@H](C(=O)N1CCC[C@@H](n2ccnc2C)C1)C1CCCC1. The van der Waals surface area contributed by atoms with Crippen LogP contribution in [0.25, 0.3) is 0 Å². The van der Waals surface area contributed by atoms with Crippen LogP contribution < -0.4 is 5.32 Å². The highest BCUT2D eigenvalue weighted by atomic mass is 16.2. The molecule has 2 aliphatic rings. The molecule has 24 heavy (non-hydrogen) atoms. The molecule has 1 aliphatic carbocycles. The number of aromatic nitrogens is 2. The fraction of sp³-hybridized carbons (Fsp3) is 0.722. The number of carbonyl (C=O) groups excluding carboxylic acids is 2. The van der Waals surface area contributed by atoms with Gasteiger partial charge in [-0.1, -0.05) is 12.8 Å². The Kier molecular flexibility index (Phi) is 5.21. The van der Waals surface area contributed by atoms with Crippen LogP contribution in [0.15, 0.2) is 12.4 Å². The lowest BCUT2D eigenvalue weighted by Gasteiger charge is -2.37. The topological polar surface area (TPSA) is 67.2 Å². The van der Waals surface area contributed by atoms with E-state index in [1.165, 1.54) is 6.92 Å². The van der Waals surface area contributed by atoms with Crippen LogP contribution in [0, 0.1) is 12.8 Å². The molecule has 1 saturated carbocycles. The zero-order valence-corrected chi connectivity index (χ0v) is 14.7. The molecule has 6 heteroatoms. The van der Waals surface area contributed by atoms with Gasteiger partial charge in [0.05, 0.1) is 6.04 Å². The van der Waals surface area contributed by atoms with Crippen molar-refractivity contribution in [2.45, 2.75) is 64.5 Å². The van der Waals surface area contributed by atoms with Crippen LogP contribution in [0.2, 0.25) is 0 Å². The molecular weight excluding hydrogens is 304 g/mol. The van der Waals surface area contributed by atoms with Crippen LogP contribution in [0.4, 0.5) is 0 Å². The summed E-state index contributed by atoms with van der Waals surface area (Å²) in [5, 5.41) is 2.93. The molecule has 2 heterocycles. The summed E-state index contributed by atoms with van der Waals surface area (Å²) in [6.07, 6.45) is 10.3. The number of nitrogens with one attached hydrogen (secondary N) is 1. The van der Waals surface area contributed by atoms with Crippen LogP contribution >= 0.6 is 0 Å². The van der Waals surface area contributed by atoms with Gasteiger partial charge in [0.1, 0.15) is 11.9 Å². The van der Waals surface area contributed by atoms with Crippen molar-refractivity contribution in [1.82, 2.24) is 19.8 Å². The quantitative estimate of drug-likeness (QED) is 0.917. The first kappa shape index (κ1) is 17.0. The predicted octanol–water partition coefficient (Wildman–Crippen LogP) is 2.05. The van der Waals surface area contributed by atoms with Gasteiger partial charge in [0.25, 0.3) is 0 Å². The first-order valence-electron chi connectivity index (χ1n) is 9.11. The monoisotopic (exact) mass is 332 g/mol. The summed E-state index contributed by atoms with van der Waals surface area (Å²) in [7, 11) is 0. The minimum absolute atomic E-state index is 0.0968. The second-order valence-electron chi connectivity index (χ2n) is 7.18. The molecule has 6 nitrogen and oxygen atoms in total. The number of hydrogen-bond acceptors (Lipinski definition) is 3. The molecule has 2 amide bonds. The number of carbonyl (C=O) groups is 2. The Morgan fingerprint density at radius 1 is 1.25 bits per heavy atom. The number of rotatable bonds is 4. The third-order valence-corrected chi connectivity index (χ3v) is 5.46. The Balaban J connectivity index is 1.71. The van der Waals surface area contributed by atoms with E-state index in [0.717, 1.165) is 50.9 Å². The molecule has 0 bridgehead atoms. The molecular formula is C18H28N4O2. The maximum atomic E-state index is 13.1. The Morgan fingerprint density at radius 3 is 2.62 bits per heavy atom. The number of amides is 2. The Labute approximate surface area is 143 Å². The summed E-state index contributed by atoms with van der Waals surface area (Å²) in [6, 6.07) is -0.0700. The predicted molar refractivity (Wildman–Crippen MR) is 91.4 cm³/mol. The van der Waals surface area contributed by atoms with Crippen molar-refractivity contribution in [2.24, 2.45) is 5.92 Å². The molecule has 1 saturated heterocycles. The average molecular weight is 332 g/mol. The van der Waals surface area contributed by atoms with Gasteiger partial charge in [-0.2, -0.15) is 0 Å². The third kappa shape index (κ3) is 3.62. The summed E-state index contributed by atoms with van der Waals surface area (Å²) in [5.74, 6) is 1.26. The Bertz CT molecular complexity index is 592. The van der Waals surface area contributed by atoms with E-state index in [4.69, 9.17) is 0 Å². The molecule has 1 aromatic rings. The normalized spacial score (nSPS) is 23.2. The van der Waals surface area contributed by atoms with E-state index >= 15 is 0 Å². The van der Waals surface area contributed by atoms with Crippen molar-refractivity contribution in [2.75, 3.05) is 13.1 Å². The van der Waals surface area contributed by atoms with Gasteiger partial charge in [-0.25, -0.2) is 4.98 Å². The first-order chi connectivity index (χ1) is 11.6. The number of hydrogen-bond donors (Lipinski definition) is 1. The zero-order valence-electron chi connectivity index (χ0n) is 14.7.